The molecule has 0 radical (unpaired) electrons. The van der Waals surface area contributed by atoms with Gasteiger partial charge >= 0.3 is 0 Å². The molecule has 25 heavy (non-hydrogen) atoms. The van der Waals surface area contributed by atoms with Crippen molar-refractivity contribution in [3.8, 4) is 5.75 Å². The van der Waals surface area contributed by atoms with Gasteiger partial charge in [-0.1, -0.05) is 12.1 Å². The van der Waals surface area contributed by atoms with Gasteiger partial charge in [0.2, 0.25) is 0 Å². The van der Waals surface area contributed by atoms with Crippen LogP contribution in [0.4, 0.5) is 0 Å². The maximum Gasteiger partial charge on any atom is 0.150 e. The average Bonchev–Trinajstić information content (AvgIpc) is 3.23. The van der Waals surface area contributed by atoms with Gasteiger partial charge in [0, 0.05) is 27.2 Å². The number of aromatic nitrogens is 3. The number of hydrogen-bond acceptors (Lipinski definition) is 5. The summed E-state index contributed by atoms with van der Waals surface area (Å²) in [7, 11) is 3.79. The molecule has 1 aromatic heterocycles. The molecule has 2 heterocycles. The Morgan fingerprint density at radius 3 is 2.64 bits per heavy atom. The van der Waals surface area contributed by atoms with Gasteiger partial charge < -0.3 is 14.0 Å². The van der Waals surface area contributed by atoms with Gasteiger partial charge in [0.25, 0.3) is 0 Å². The molecule has 134 valence electrons. The summed E-state index contributed by atoms with van der Waals surface area (Å²) in [6.07, 6.45) is 5.59. The monoisotopic (exact) mass is 342 g/mol. The van der Waals surface area contributed by atoms with Crippen molar-refractivity contribution in [2.75, 3.05) is 20.3 Å². The molecule has 6 heteroatoms. The Labute approximate surface area is 148 Å². The van der Waals surface area contributed by atoms with E-state index < -0.39 is 0 Å². The predicted octanol–water partition coefficient (Wildman–Crippen LogP) is 2.57. The predicted molar refractivity (Wildman–Crippen MR) is 94.2 cm³/mol. The van der Waals surface area contributed by atoms with Crippen molar-refractivity contribution >= 4 is 0 Å². The zero-order chi connectivity index (χ0) is 17.2. The Morgan fingerprint density at radius 1 is 1.20 bits per heavy atom. The van der Waals surface area contributed by atoms with Crippen molar-refractivity contribution in [1.82, 2.24) is 19.7 Å². The lowest BCUT2D eigenvalue weighted by Gasteiger charge is -2.23. The standard InChI is InChI=1S/C19H26N4O2/c1-22-13-20-21-19(22)18-9-17(24-2)11-23(18)10-14-5-7-16(8-6-14)25-12-15-3-4-15/h5-8,13,15,17-18H,3-4,9-12H2,1-2H3/t17-,18+/m1/s1. The molecule has 1 aromatic carbocycles. The van der Waals surface area contributed by atoms with Crippen LogP contribution in [-0.2, 0) is 18.3 Å². The molecule has 1 aliphatic heterocycles. The smallest absolute Gasteiger partial charge is 0.150 e. The lowest BCUT2D eigenvalue weighted by atomic mass is 10.1. The summed E-state index contributed by atoms with van der Waals surface area (Å²) >= 11 is 0. The van der Waals surface area contributed by atoms with Gasteiger partial charge in [-0.25, -0.2) is 0 Å². The molecule has 2 aliphatic rings. The number of benzene rings is 1. The zero-order valence-corrected chi connectivity index (χ0v) is 15.0. The van der Waals surface area contributed by atoms with Crippen molar-refractivity contribution in [3.63, 3.8) is 0 Å². The van der Waals surface area contributed by atoms with E-state index in [1.54, 1.807) is 13.4 Å². The summed E-state index contributed by atoms with van der Waals surface area (Å²) in [6, 6.07) is 8.73. The van der Waals surface area contributed by atoms with E-state index in [9.17, 15) is 0 Å². The molecular formula is C19H26N4O2. The highest BCUT2D eigenvalue weighted by Crippen LogP contribution is 2.33. The quantitative estimate of drug-likeness (QED) is 0.774. The van der Waals surface area contributed by atoms with E-state index in [-0.39, 0.29) is 12.1 Å². The third kappa shape index (κ3) is 3.85. The fourth-order valence-electron chi connectivity index (χ4n) is 3.49. The number of hydrogen-bond donors (Lipinski definition) is 0. The second kappa shape index (κ2) is 7.14. The minimum atomic E-state index is 0.239. The highest BCUT2D eigenvalue weighted by Gasteiger charge is 2.35. The Morgan fingerprint density at radius 2 is 2.00 bits per heavy atom. The molecule has 0 N–H and O–H groups in total. The number of rotatable bonds is 7. The molecule has 4 rings (SSSR count). The molecule has 1 saturated carbocycles. The van der Waals surface area contributed by atoms with E-state index in [1.165, 1.54) is 18.4 Å². The first-order chi connectivity index (χ1) is 12.2. The molecule has 0 spiro atoms. The Kier molecular flexibility index (Phi) is 4.72. The van der Waals surface area contributed by atoms with Gasteiger partial charge in [-0.2, -0.15) is 0 Å². The van der Waals surface area contributed by atoms with Gasteiger partial charge in [-0.15, -0.1) is 10.2 Å². The van der Waals surface area contributed by atoms with E-state index in [0.717, 1.165) is 43.6 Å². The maximum absolute atomic E-state index is 5.83. The van der Waals surface area contributed by atoms with E-state index in [1.807, 2.05) is 11.6 Å². The third-order valence-corrected chi connectivity index (χ3v) is 5.23. The highest BCUT2D eigenvalue weighted by molar-refractivity contribution is 5.27. The van der Waals surface area contributed by atoms with Gasteiger partial charge in [-0.3, -0.25) is 4.90 Å². The van der Waals surface area contributed by atoms with Crippen LogP contribution in [0, 0.1) is 5.92 Å². The summed E-state index contributed by atoms with van der Waals surface area (Å²) in [5.74, 6) is 2.75. The van der Waals surface area contributed by atoms with E-state index in [0.29, 0.717) is 0 Å². The van der Waals surface area contributed by atoms with Crippen molar-refractivity contribution in [3.05, 3.63) is 42.0 Å². The van der Waals surface area contributed by atoms with Crippen molar-refractivity contribution in [2.24, 2.45) is 13.0 Å². The van der Waals surface area contributed by atoms with Gasteiger partial charge in [0.15, 0.2) is 0 Å². The van der Waals surface area contributed by atoms with Gasteiger partial charge in [-0.05, 0) is 42.9 Å². The van der Waals surface area contributed by atoms with Gasteiger partial charge in [0.1, 0.15) is 17.9 Å². The molecule has 2 fully saturated rings. The number of likely N-dealkylation sites (tertiary alicyclic amines) is 1. The number of ether oxygens (including phenoxy) is 2. The molecule has 1 aliphatic carbocycles. The van der Waals surface area contributed by atoms with Crippen LogP contribution in [0.1, 0.15) is 36.7 Å². The van der Waals surface area contributed by atoms with Gasteiger partial charge in [0.05, 0.1) is 18.8 Å². The first-order valence-corrected chi connectivity index (χ1v) is 9.05. The van der Waals surface area contributed by atoms with Crippen LogP contribution in [-0.4, -0.2) is 46.0 Å². The van der Waals surface area contributed by atoms with E-state index in [4.69, 9.17) is 9.47 Å². The Hall–Kier alpha value is -1.92. The van der Waals surface area contributed by atoms with Crippen LogP contribution in [0.15, 0.2) is 30.6 Å². The SMILES string of the molecule is CO[C@@H]1C[C@@H](c2nncn2C)N(Cc2ccc(OCC3CC3)cc2)C1. The maximum atomic E-state index is 5.83. The highest BCUT2D eigenvalue weighted by atomic mass is 16.5. The summed E-state index contributed by atoms with van der Waals surface area (Å²) < 4.78 is 13.4. The molecule has 6 nitrogen and oxygen atoms in total. The minimum Gasteiger partial charge on any atom is -0.493 e. The topological polar surface area (TPSA) is 52.4 Å². The van der Waals surface area contributed by atoms with Crippen LogP contribution in [0.2, 0.25) is 0 Å². The number of methoxy groups -OCH3 is 1. The number of nitrogens with zero attached hydrogens (tertiary/aromatic N) is 4. The van der Waals surface area contributed by atoms with E-state index >= 15 is 0 Å². The fraction of sp³-hybridized carbons (Fsp3) is 0.579. The van der Waals surface area contributed by atoms with Crippen LogP contribution in [0.5, 0.6) is 5.75 Å². The first-order valence-electron chi connectivity index (χ1n) is 9.05. The summed E-state index contributed by atoms with van der Waals surface area (Å²) in [5.41, 5.74) is 1.28. The average molecular weight is 342 g/mol. The van der Waals surface area contributed by atoms with Crippen molar-refractivity contribution < 1.29 is 9.47 Å². The third-order valence-electron chi connectivity index (χ3n) is 5.23. The summed E-state index contributed by atoms with van der Waals surface area (Å²) in [4.78, 5) is 2.43. The first kappa shape index (κ1) is 16.5. The minimum absolute atomic E-state index is 0.239. The summed E-state index contributed by atoms with van der Waals surface area (Å²) in [6.45, 7) is 2.64. The molecule has 2 atom stereocenters. The molecule has 0 amide bonds. The normalized spacial score (nSPS) is 23.9. The van der Waals surface area contributed by atoms with Crippen LogP contribution in [0.3, 0.4) is 0 Å². The van der Waals surface area contributed by atoms with Crippen LogP contribution < -0.4 is 4.74 Å². The number of aryl methyl sites for hydroxylation is 1. The largest absolute Gasteiger partial charge is 0.493 e. The Balaban J connectivity index is 1.43. The second-order valence-electron chi connectivity index (χ2n) is 7.24. The van der Waals surface area contributed by atoms with Crippen LogP contribution in [0.25, 0.3) is 0 Å². The Bertz CT molecular complexity index is 696. The van der Waals surface area contributed by atoms with E-state index in [2.05, 4.69) is 39.4 Å². The molecular weight excluding hydrogens is 316 g/mol. The second-order valence-corrected chi connectivity index (χ2v) is 7.24. The fourth-order valence-corrected chi connectivity index (χ4v) is 3.49. The van der Waals surface area contributed by atoms with Crippen molar-refractivity contribution in [2.45, 2.75) is 38.0 Å². The lowest BCUT2D eigenvalue weighted by Crippen LogP contribution is -2.26. The summed E-state index contributed by atoms with van der Waals surface area (Å²) in [5, 5.41) is 8.35. The molecule has 1 saturated heterocycles. The zero-order valence-electron chi connectivity index (χ0n) is 15.0. The lowest BCUT2D eigenvalue weighted by molar-refractivity contribution is 0.107. The van der Waals surface area contributed by atoms with Crippen LogP contribution >= 0.6 is 0 Å². The molecule has 2 aromatic rings. The van der Waals surface area contributed by atoms with Crippen molar-refractivity contribution in [1.29, 1.82) is 0 Å². The molecule has 0 bridgehead atoms. The molecule has 0 unspecified atom stereocenters.